The second-order valence-electron chi connectivity index (χ2n) is 3.51. The maximum Gasteiger partial charge on any atom is 0.488 e. The number of halogens is 1. The van der Waals surface area contributed by atoms with Crippen molar-refractivity contribution in [1.29, 1.82) is 0 Å². The largest absolute Gasteiger partial charge is 0.488 e. The van der Waals surface area contributed by atoms with E-state index in [9.17, 15) is 12.3 Å². The Bertz CT molecular complexity index is 670. The maximum atomic E-state index is 12.3. The van der Waals surface area contributed by atoms with Crippen LogP contribution in [0.4, 0.5) is 15.3 Å². The Morgan fingerprint density at radius 3 is 1.89 bits per heavy atom. The predicted octanol–water partition coefficient (Wildman–Crippen LogP) is 3.70. The third-order valence-corrected chi connectivity index (χ3v) is 2.46. The molecule has 0 saturated heterocycles. The van der Waals surface area contributed by atoms with Crippen molar-refractivity contribution in [3.8, 4) is 5.75 Å². The van der Waals surface area contributed by atoms with Gasteiger partial charge in [-0.15, -0.1) is 0 Å². The van der Waals surface area contributed by atoms with Crippen molar-refractivity contribution in [2.75, 3.05) is 0 Å². The highest BCUT2D eigenvalue weighted by Gasteiger charge is 2.08. The first-order chi connectivity index (χ1) is 9.03. The Kier molecular flexibility index (Phi) is 3.86. The minimum absolute atomic E-state index is 0.124. The number of hydrogen-bond donors (Lipinski definition) is 0. The molecule has 0 radical (unpaired) electrons. The molecule has 0 fully saturated rings. The predicted molar refractivity (Wildman–Crippen MR) is 67.7 cm³/mol. The van der Waals surface area contributed by atoms with Crippen LogP contribution in [-0.2, 0) is 10.5 Å². The SMILES string of the molecule is O=S(=O)(F)Oc1ccc(N=Nc2ccccc2)cc1. The fraction of sp³-hybridized carbons (Fsp3) is 0. The Balaban J connectivity index is 2.09. The van der Waals surface area contributed by atoms with Crippen molar-refractivity contribution in [3.63, 3.8) is 0 Å². The van der Waals surface area contributed by atoms with E-state index >= 15 is 0 Å². The van der Waals surface area contributed by atoms with Crippen LogP contribution in [0.3, 0.4) is 0 Å². The van der Waals surface area contributed by atoms with Crippen LogP contribution in [0, 0.1) is 0 Å². The molecule has 2 rings (SSSR count). The van der Waals surface area contributed by atoms with E-state index in [1.54, 1.807) is 12.1 Å². The minimum Gasteiger partial charge on any atom is -0.358 e. The third-order valence-electron chi connectivity index (χ3n) is 2.07. The Morgan fingerprint density at radius 1 is 0.842 bits per heavy atom. The third kappa shape index (κ3) is 4.47. The highest BCUT2D eigenvalue weighted by atomic mass is 32.3. The van der Waals surface area contributed by atoms with E-state index in [0.29, 0.717) is 11.4 Å². The van der Waals surface area contributed by atoms with Crippen LogP contribution in [0.15, 0.2) is 64.8 Å². The van der Waals surface area contributed by atoms with E-state index in [1.165, 1.54) is 24.3 Å². The highest BCUT2D eigenvalue weighted by Crippen LogP contribution is 2.22. The summed E-state index contributed by atoms with van der Waals surface area (Å²) in [6.07, 6.45) is 0. The van der Waals surface area contributed by atoms with Gasteiger partial charge in [-0.05, 0) is 36.4 Å². The molecule has 2 aromatic carbocycles. The second kappa shape index (κ2) is 5.57. The van der Waals surface area contributed by atoms with Gasteiger partial charge in [-0.3, -0.25) is 0 Å². The number of nitrogens with zero attached hydrogens (tertiary/aromatic N) is 2. The maximum absolute atomic E-state index is 12.3. The Hall–Kier alpha value is -2.28. The molecule has 0 amide bonds. The summed E-state index contributed by atoms with van der Waals surface area (Å²) in [7, 11) is -5.00. The number of rotatable bonds is 4. The molecule has 2 aromatic rings. The summed E-state index contributed by atoms with van der Waals surface area (Å²) in [5.74, 6) is -0.124. The number of azo groups is 1. The molecule has 0 N–H and O–H groups in total. The normalized spacial score (nSPS) is 11.6. The van der Waals surface area contributed by atoms with Gasteiger partial charge in [0.25, 0.3) is 0 Å². The standard InChI is InChI=1S/C12H9FN2O3S/c13-19(16,17)18-12-8-6-11(7-9-12)15-14-10-4-2-1-3-5-10/h1-9H. The first kappa shape index (κ1) is 13.2. The Labute approximate surface area is 109 Å². The molecule has 0 aliphatic rings. The van der Waals surface area contributed by atoms with E-state index in [1.807, 2.05) is 18.2 Å². The molecule has 0 heterocycles. The van der Waals surface area contributed by atoms with Crippen molar-refractivity contribution in [2.24, 2.45) is 10.2 Å². The lowest BCUT2D eigenvalue weighted by molar-refractivity contribution is 0.440. The summed E-state index contributed by atoms with van der Waals surface area (Å²) in [6.45, 7) is 0. The lowest BCUT2D eigenvalue weighted by atomic mass is 10.3. The molecular weight excluding hydrogens is 271 g/mol. The second-order valence-corrected chi connectivity index (χ2v) is 4.46. The fourth-order valence-corrected chi connectivity index (χ4v) is 1.63. The van der Waals surface area contributed by atoms with E-state index in [-0.39, 0.29) is 5.75 Å². The summed E-state index contributed by atoms with van der Waals surface area (Å²) in [5.41, 5.74) is 1.18. The smallest absolute Gasteiger partial charge is 0.358 e. The summed E-state index contributed by atoms with van der Waals surface area (Å²) in [5, 5.41) is 7.91. The molecular formula is C12H9FN2O3S. The molecule has 0 saturated carbocycles. The summed E-state index contributed by atoms with van der Waals surface area (Å²) >= 11 is 0. The van der Waals surface area contributed by atoms with Gasteiger partial charge in [-0.2, -0.15) is 18.6 Å². The van der Waals surface area contributed by atoms with Gasteiger partial charge in [-0.25, -0.2) is 0 Å². The molecule has 98 valence electrons. The fourth-order valence-electron chi connectivity index (χ4n) is 1.29. The average Bonchev–Trinajstić information content (AvgIpc) is 2.37. The summed E-state index contributed by atoms with van der Waals surface area (Å²) in [4.78, 5) is 0. The highest BCUT2D eigenvalue weighted by molar-refractivity contribution is 7.81. The van der Waals surface area contributed by atoms with Crippen LogP contribution in [-0.4, -0.2) is 8.42 Å². The quantitative estimate of drug-likeness (QED) is 0.633. The molecule has 0 spiro atoms. The van der Waals surface area contributed by atoms with Crippen molar-refractivity contribution in [3.05, 3.63) is 54.6 Å². The van der Waals surface area contributed by atoms with Crippen LogP contribution >= 0.6 is 0 Å². The first-order valence-corrected chi connectivity index (χ1v) is 6.55. The number of benzene rings is 2. The molecule has 0 atom stereocenters. The zero-order chi connectivity index (χ0) is 13.7. The van der Waals surface area contributed by atoms with Crippen LogP contribution in [0.2, 0.25) is 0 Å². The van der Waals surface area contributed by atoms with Crippen molar-refractivity contribution >= 4 is 21.9 Å². The molecule has 5 nitrogen and oxygen atoms in total. The van der Waals surface area contributed by atoms with Gasteiger partial charge in [0.2, 0.25) is 0 Å². The lowest BCUT2D eigenvalue weighted by Crippen LogP contribution is -2.00. The molecule has 0 bridgehead atoms. The van der Waals surface area contributed by atoms with Crippen LogP contribution in [0.25, 0.3) is 0 Å². The zero-order valence-electron chi connectivity index (χ0n) is 9.60. The van der Waals surface area contributed by atoms with Crippen molar-refractivity contribution in [1.82, 2.24) is 0 Å². The van der Waals surface area contributed by atoms with Gasteiger partial charge in [-0.1, -0.05) is 22.1 Å². The zero-order valence-corrected chi connectivity index (χ0v) is 10.4. The summed E-state index contributed by atoms with van der Waals surface area (Å²) in [6, 6.07) is 14.6. The van der Waals surface area contributed by atoms with Crippen molar-refractivity contribution < 1.29 is 16.5 Å². The minimum atomic E-state index is -5.00. The molecule has 0 unspecified atom stereocenters. The van der Waals surface area contributed by atoms with Gasteiger partial charge in [0.15, 0.2) is 0 Å². The monoisotopic (exact) mass is 280 g/mol. The molecule has 0 aliphatic heterocycles. The topological polar surface area (TPSA) is 68.1 Å². The van der Waals surface area contributed by atoms with E-state index < -0.39 is 10.5 Å². The average molecular weight is 280 g/mol. The first-order valence-electron chi connectivity index (χ1n) is 5.24. The molecule has 0 aromatic heterocycles. The summed E-state index contributed by atoms with van der Waals surface area (Å²) < 4.78 is 36.8. The number of hydrogen-bond acceptors (Lipinski definition) is 5. The molecule has 7 heteroatoms. The Morgan fingerprint density at radius 2 is 1.37 bits per heavy atom. The van der Waals surface area contributed by atoms with Crippen LogP contribution in [0.1, 0.15) is 0 Å². The lowest BCUT2D eigenvalue weighted by Gasteiger charge is -1.99. The van der Waals surface area contributed by atoms with Gasteiger partial charge < -0.3 is 4.18 Å². The van der Waals surface area contributed by atoms with Gasteiger partial charge in [0.05, 0.1) is 11.4 Å². The molecule has 0 aliphatic carbocycles. The van der Waals surface area contributed by atoms with Gasteiger partial charge >= 0.3 is 10.5 Å². The molecule has 19 heavy (non-hydrogen) atoms. The van der Waals surface area contributed by atoms with E-state index in [4.69, 9.17) is 0 Å². The van der Waals surface area contributed by atoms with Gasteiger partial charge in [0, 0.05) is 0 Å². The van der Waals surface area contributed by atoms with Gasteiger partial charge in [0.1, 0.15) is 5.75 Å². The van der Waals surface area contributed by atoms with Crippen LogP contribution in [0.5, 0.6) is 5.75 Å². The van der Waals surface area contributed by atoms with Crippen LogP contribution < -0.4 is 4.18 Å². The van der Waals surface area contributed by atoms with Crippen molar-refractivity contribution in [2.45, 2.75) is 0 Å². The van der Waals surface area contributed by atoms with E-state index in [0.717, 1.165) is 0 Å². The van der Waals surface area contributed by atoms with E-state index in [2.05, 4.69) is 14.4 Å².